The van der Waals surface area contributed by atoms with Crippen LogP contribution in [0.3, 0.4) is 0 Å². The first-order valence-electron chi connectivity index (χ1n) is 7.80. The Morgan fingerprint density at radius 1 is 1.21 bits per heavy atom. The Bertz CT molecular complexity index is 711. The predicted octanol–water partition coefficient (Wildman–Crippen LogP) is 2.84. The minimum absolute atomic E-state index is 0.0235. The third kappa shape index (κ3) is 2.95. The van der Waals surface area contributed by atoms with Gasteiger partial charge in [-0.1, -0.05) is 39.2 Å². The topological polar surface area (TPSA) is 81.0 Å². The number of hydrogen-bond acceptors (Lipinski definition) is 4. The number of aliphatic hydroxyl groups excluding tert-OH is 1. The molecule has 0 fully saturated rings. The fraction of sp³-hybridized carbons (Fsp3) is 0.316. The molecule has 0 spiro atoms. The van der Waals surface area contributed by atoms with E-state index in [0.29, 0.717) is 18.7 Å². The Balaban J connectivity index is 2.46. The van der Waals surface area contributed by atoms with E-state index in [0.717, 1.165) is 11.1 Å². The average Bonchev–Trinajstić information content (AvgIpc) is 2.98. The molecule has 2 rings (SSSR count). The molecule has 1 heterocycles. The van der Waals surface area contributed by atoms with Crippen LogP contribution in [0.5, 0.6) is 11.5 Å². The van der Waals surface area contributed by atoms with Crippen LogP contribution in [0.1, 0.15) is 41.3 Å². The van der Waals surface area contributed by atoms with Gasteiger partial charge in [0.1, 0.15) is 11.5 Å². The van der Waals surface area contributed by atoms with Crippen molar-refractivity contribution in [3.8, 4) is 11.5 Å². The second-order valence-corrected chi connectivity index (χ2v) is 6.12. The van der Waals surface area contributed by atoms with Gasteiger partial charge in [0.15, 0.2) is 0 Å². The van der Waals surface area contributed by atoms with Crippen LogP contribution >= 0.6 is 0 Å². The second kappa shape index (κ2) is 6.93. The Morgan fingerprint density at radius 3 is 2.17 bits per heavy atom. The predicted molar refractivity (Wildman–Crippen MR) is 93.1 cm³/mol. The summed E-state index contributed by atoms with van der Waals surface area (Å²) in [5, 5.41) is 30.0. The molecule has 0 bridgehead atoms. The van der Waals surface area contributed by atoms with E-state index in [4.69, 9.17) is 0 Å². The monoisotopic (exact) mass is 329 g/mol. The van der Waals surface area contributed by atoms with Crippen LogP contribution in [0.15, 0.2) is 42.5 Å². The first-order valence-corrected chi connectivity index (χ1v) is 7.80. The van der Waals surface area contributed by atoms with E-state index in [2.05, 4.69) is 13.2 Å². The number of phenols is 2. The van der Waals surface area contributed by atoms with Crippen molar-refractivity contribution in [1.29, 1.82) is 0 Å². The number of carbonyl (C=O) groups excluding carboxylic acids is 1. The maximum atomic E-state index is 12.9. The number of carbonyl (C=O) groups is 1. The van der Waals surface area contributed by atoms with Gasteiger partial charge in [0, 0.05) is 13.1 Å². The highest BCUT2D eigenvalue weighted by Crippen LogP contribution is 2.38. The molecule has 0 saturated carbocycles. The summed E-state index contributed by atoms with van der Waals surface area (Å²) in [4.78, 5) is 14.4. The SMILES string of the molecule is C=CC1=C(C=C)CN(C(=O)c2cc(C(C)C)c(O)c(CO)c2O)C1. The largest absolute Gasteiger partial charge is 0.507 e. The van der Waals surface area contributed by atoms with Gasteiger partial charge in [-0.2, -0.15) is 0 Å². The summed E-state index contributed by atoms with van der Waals surface area (Å²) in [7, 11) is 0. The minimum Gasteiger partial charge on any atom is -0.507 e. The van der Waals surface area contributed by atoms with Crippen LogP contribution in [-0.2, 0) is 6.61 Å². The van der Waals surface area contributed by atoms with Crippen LogP contribution in [0.4, 0.5) is 0 Å². The molecule has 1 amide bonds. The summed E-state index contributed by atoms with van der Waals surface area (Å²) in [5.41, 5.74) is 2.41. The van der Waals surface area contributed by atoms with Gasteiger partial charge in [0.05, 0.1) is 17.7 Å². The molecule has 5 heteroatoms. The number of benzene rings is 1. The lowest BCUT2D eigenvalue weighted by atomic mass is 9.94. The minimum atomic E-state index is -0.549. The zero-order chi connectivity index (χ0) is 18.0. The molecule has 0 unspecified atom stereocenters. The Hall–Kier alpha value is -2.53. The van der Waals surface area contributed by atoms with Crippen molar-refractivity contribution in [2.75, 3.05) is 13.1 Å². The molecule has 5 nitrogen and oxygen atoms in total. The van der Waals surface area contributed by atoms with E-state index in [9.17, 15) is 20.1 Å². The first kappa shape index (κ1) is 17.8. The lowest BCUT2D eigenvalue weighted by Gasteiger charge is -2.21. The molecule has 1 aromatic carbocycles. The molecule has 0 atom stereocenters. The smallest absolute Gasteiger partial charge is 0.258 e. The van der Waals surface area contributed by atoms with Crippen LogP contribution < -0.4 is 0 Å². The van der Waals surface area contributed by atoms with E-state index in [-0.39, 0.29) is 34.5 Å². The van der Waals surface area contributed by atoms with E-state index in [1.807, 2.05) is 13.8 Å². The fourth-order valence-corrected chi connectivity index (χ4v) is 2.87. The summed E-state index contributed by atoms with van der Waals surface area (Å²) in [6, 6.07) is 1.50. The van der Waals surface area contributed by atoms with Crippen molar-refractivity contribution >= 4 is 5.91 Å². The molecule has 0 aliphatic carbocycles. The van der Waals surface area contributed by atoms with E-state index in [1.165, 1.54) is 6.07 Å². The Labute approximate surface area is 141 Å². The second-order valence-electron chi connectivity index (χ2n) is 6.12. The molecule has 24 heavy (non-hydrogen) atoms. The van der Waals surface area contributed by atoms with Gasteiger partial charge in [-0.25, -0.2) is 0 Å². The van der Waals surface area contributed by atoms with Crippen LogP contribution in [0, 0.1) is 0 Å². The molecular weight excluding hydrogens is 306 g/mol. The standard InChI is InChI=1S/C19H23NO4/c1-5-12-8-20(9-13(12)6-2)19(24)15-7-14(11(3)4)17(22)16(10-21)18(15)23/h5-7,11,21-23H,1-2,8-10H2,3-4H3. The molecule has 3 N–H and O–H groups in total. The van der Waals surface area contributed by atoms with Crippen LogP contribution in [0.25, 0.3) is 0 Å². The van der Waals surface area contributed by atoms with E-state index in [1.54, 1.807) is 17.1 Å². The number of rotatable bonds is 5. The normalized spacial score (nSPS) is 14.4. The highest BCUT2D eigenvalue weighted by Gasteiger charge is 2.28. The third-order valence-corrected chi connectivity index (χ3v) is 4.33. The van der Waals surface area contributed by atoms with Gasteiger partial charge in [-0.3, -0.25) is 4.79 Å². The van der Waals surface area contributed by atoms with Gasteiger partial charge in [-0.05, 0) is 28.7 Å². The Kier molecular flexibility index (Phi) is 5.14. The summed E-state index contributed by atoms with van der Waals surface area (Å²) in [6.45, 7) is 11.4. The molecular formula is C19H23NO4. The highest BCUT2D eigenvalue weighted by atomic mass is 16.3. The van der Waals surface area contributed by atoms with Gasteiger partial charge in [0.25, 0.3) is 5.91 Å². The summed E-state index contributed by atoms with van der Waals surface area (Å²) in [6.07, 6.45) is 3.39. The van der Waals surface area contributed by atoms with Crippen LogP contribution in [0.2, 0.25) is 0 Å². The van der Waals surface area contributed by atoms with Gasteiger partial charge in [-0.15, -0.1) is 0 Å². The number of hydrogen-bond donors (Lipinski definition) is 3. The maximum Gasteiger partial charge on any atom is 0.258 e. The zero-order valence-corrected chi connectivity index (χ0v) is 14.0. The van der Waals surface area contributed by atoms with Crippen molar-refractivity contribution in [2.24, 2.45) is 0 Å². The quantitative estimate of drug-likeness (QED) is 0.776. The molecule has 1 aliphatic heterocycles. The fourth-order valence-electron chi connectivity index (χ4n) is 2.87. The van der Waals surface area contributed by atoms with E-state index < -0.39 is 6.61 Å². The number of aromatic hydroxyl groups is 2. The maximum absolute atomic E-state index is 12.9. The number of nitrogens with zero attached hydrogens (tertiary/aromatic N) is 1. The van der Waals surface area contributed by atoms with Crippen molar-refractivity contribution in [2.45, 2.75) is 26.4 Å². The van der Waals surface area contributed by atoms with Gasteiger partial charge < -0.3 is 20.2 Å². The third-order valence-electron chi connectivity index (χ3n) is 4.33. The summed E-state index contributed by atoms with van der Waals surface area (Å²) >= 11 is 0. The van der Waals surface area contributed by atoms with E-state index >= 15 is 0 Å². The highest BCUT2D eigenvalue weighted by molar-refractivity contribution is 5.98. The lowest BCUT2D eigenvalue weighted by Crippen LogP contribution is -2.29. The van der Waals surface area contributed by atoms with Crippen molar-refractivity contribution in [1.82, 2.24) is 4.90 Å². The molecule has 128 valence electrons. The van der Waals surface area contributed by atoms with Gasteiger partial charge >= 0.3 is 0 Å². The molecule has 1 aliphatic rings. The van der Waals surface area contributed by atoms with Crippen LogP contribution in [-0.4, -0.2) is 39.2 Å². The van der Waals surface area contributed by atoms with Crippen molar-refractivity contribution < 1.29 is 20.1 Å². The summed E-state index contributed by atoms with van der Waals surface area (Å²) < 4.78 is 0. The van der Waals surface area contributed by atoms with Gasteiger partial charge in [0.2, 0.25) is 0 Å². The molecule has 0 aromatic heterocycles. The summed E-state index contributed by atoms with van der Waals surface area (Å²) in [5.74, 6) is -0.969. The number of amides is 1. The number of aliphatic hydroxyl groups is 1. The lowest BCUT2D eigenvalue weighted by molar-refractivity contribution is 0.0793. The molecule has 0 radical (unpaired) electrons. The van der Waals surface area contributed by atoms with Crippen molar-refractivity contribution in [3.05, 3.63) is 59.2 Å². The molecule has 0 saturated heterocycles. The Morgan fingerprint density at radius 2 is 1.75 bits per heavy atom. The first-order chi connectivity index (χ1) is 11.3. The zero-order valence-electron chi connectivity index (χ0n) is 14.0. The average molecular weight is 329 g/mol. The van der Waals surface area contributed by atoms with Crippen molar-refractivity contribution in [3.63, 3.8) is 0 Å². The molecule has 1 aromatic rings.